The Balaban J connectivity index is 2.07. The Kier molecular flexibility index (Phi) is 4.74. The Morgan fingerprint density at radius 3 is 2.65 bits per heavy atom. The highest BCUT2D eigenvalue weighted by Gasteiger charge is 2.25. The maximum absolute atomic E-state index is 12.6. The normalized spacial score (nSPS) is 15.9. The average molecular weight is 359 g/mol. The SMILES string of the molecule is [2H]c1cc(N2CCCCC2)cc2c(N(C)C(=O)OC(C)(C)C)c(CC)nn12. The number of amides is 1. The number of ether oxygens (including phenoxy) is 1. The summed E-state index contributed by atoms with van der Waals surface area (Å²) in [4.78, 5) is 16.5. The zero-order valence-electron chi connectivity index (χ0n) is 17.5. The molecule has 0 spiro atoms. The summed E-state index contributed by atoms with van der Waals surface area (Å²) in [6, 6.07) is 3.91. The van der Waals surface area contributed by atoms with Gasteiger partial charge in [0.15, 0.2) is 0 Å². The van der Waals surface area contributed by atoms with E-state index in [4.69, 9.17) is 6.11 Å². The van der Waals surface area contributed by atoms with Crippen molar-refractivity contribution in [2.24, 2.45) is 0 Å². The van der Waals surface area contributed by atoms with Crippen LogP contribution in [0.25, 0.3) is 5.52 Å². The van der Waals surface area contributed by atoms with E-state index in [2.05, 4.69) is 10.00 Å². The smallest absolute Gasteiger partial charge is 0.414 e. The van der Waals surface area contributed by atoms with Crippen molar-refractivity contribution in [1.29, 1.82) is 0 Å². The van der Waals surface area contributed by atoms with E-state index >= 15 is 0 Å². The highest BCUT2D eigenvalue weighted by Crippen LogP contribution is 2.31. The van der Waals surface area contributed by atoms with E-state index < -0.39 is 11.7 Å². The number of anilines is 2. The van der Waals surface area contributed by atoms with Gasteiger partial charge in [0.25, 0.3) is 0 Å². The van der Waals surface area contributed by atoms with Crippen LogP contribution in [0.2, 0.25) is 0 Å². The van der Waals surface area contributed by atoms with Crippen LogP contribution in [0.3, 0.4) is 0 Å². The first kappa shape index (κ1) is 17.2. The van der Waals surface area contributed by atoms with Gasteiger partial charge in [-0.25, -0.2) is 9.31 Å². The molecule has 0 bridgehead atoms. The average Bonchev–Trinajstić information content (AvgIpc) is 2.99. The summed E-state index contributed by atoms with van der Waals surface area (Å²) in [6.07, 6.45) is 4.17. The number of aryl methyl sites for hydroxylation is 1. The first-order chi connectivity index (χ1) is 12.7. The second kappa shape index (κ2) is 7.17. The molecule has 0 N–H and O–H groups in total. The lowest BCUT2D eigenvalue weighted by Gasteiger charge is -2.29. The van der Waals surface area contributed by atoms with Crippen molar-refractivity contribution >= 4 is 23.0 Å². The molecule has 142 valence electrons. The van der Waals surface area contributed by atoms with Gasteiger partial charge in [0.2, 0.25) is 0 Å². The van der Waals surface area contributed by atoms with E-state index in [0.29, 0.717) is 12.6 Å². The van der Waals surface area contributed by atoms with Crippen molar-refractivity contribution in [3.8, 4) is 0 Å². The number of nitrogens with zero attached hydrogens (tertiary/aromatic N) is 4. The van der Waals surface area contributed by atoms with Gasteiger partial charge in [-0.2, -0.15) is 5.10 Å². The summed E-state index contributed by atoms with van der Waals surface area (Å²) >= 11 is 0. The van der Waals surface area contributed by atoms with E-state index in [1.54, 1.807) is 11.6 Å². The van der Waals surface area contributed by atoms with Crippen molar-refractivity contribution in [1.82, 2.24) is 9.61 Å². The third-order valence-corrected chi connectivity index (χ3v) is 4.64. The van der Waals surface area contributed by atoms with Gasteiger partial charge in [-0.05, 0) is 58.6 Å². The molecule has 0 radical (unpaired) electrons. The minimum absolute atomic E-state index is 0.326. The lowest BCUT2D eigenvalue weighted by molar-refractivity contribution is 0.0589. The molecule has 1 saturated heterocycles. The van der Waals surface area contributed by atoms with Gasteiger partial charge < -0.3 is 9.64 Å². The Morgan fingerprint density at radius 2 is 2.04 bits per heavy atom. The highest BCUT2D eigenvalue weighted by molar-refractivity contribution is 5.94. The number of rotatable bonds is 3. The number of pyridine rings is 1. The molecule has 1 amide bonds. The zero-order valence-corrected chi connectivity index (χ0v) is 16.5. The molecule has 1 aliphatic heterocycles. The molecule has 0 aliphatic carbocycles. The van der Waals surface area contributed by atoms with Crippen molar-refractivity contribution in [3.63, 3.8) is 0 Å². The first-order valence-corrected chi connectivity index (χ1v) is 9.45. The molecule has 0 saturated carbocycles. The van der Waals surface area contributed by atoms with Gasteiger partial charge in [0, 0.05) is 32.0 Å². The standard InChI is InChI=1S/C20H30N4O2/c1-6-16-18(22(5)19(25)26-20(2,3)4)17-14-15(10-13-24(17)21-16)23-11-8-7-9-12-23/h10,13-14H,6-9,11-12H2,1-5H3/i13D. The number of carbonyl (C=O) groups is 1. The first-order valence-electron chi connectivity index (χ1n) is 9.95. The van der Waals surface area contributed by atoms with Crippen molar-refractivity contribution in [2.75, 3.05) is 29.9 Å². The van der Waals surface area contributed by atoms with Crippen LogP contribution in [0.15, 0.2) is 18.3 Å². The number of hydrogen-bond donors (Lipinski definition) is 0. The van der Waals surface area contributed by atoms with Crippen LogP contribution < -0.4 is 9.80 Å². The Labute approximate surface area is 157 Å². The molecule has 26 heavy (non-hydrogen) atoms. The van der Waals surface area contributed by atoms with E-state index in [9.17, 15) is 4.79 Å². The molecule has 0 atom stereocenters. The summed E-state index contributed by atoms with van der Waals surface area (Å²) in [5.41, 5.74) is 2.73. The van der Waals surface area contributed by atoms with Crippen LogP contribution in [-0.4, -0.2) is 41.4 Å². The minimum atomic E-state index is -0.569. The fourth-order valence-electron chi connectivity index (χ4n) is 3.37. The summed E-state index contributed by atoms with van der Waals surface area (Å²) in [5, 5.41) is 4.58. The number of hydrogen-bond acceptors (Lipinski definition) is 4. The van der Waals surface area contributed by atoms with E-state index in [1.807, 2.05) is 39.8 Å². The lowest BCUT2D eigenvalue weighted by Crippen LogP contribution is -2.34. The molecule has 6 nitrogen and oxygen atoms in total. The third kappa shape index (κ3) is 3.79. The largest absolute Gasteiger partial charge is 0.443 e. The topological polar surface area (TPSA) is 50.1 Å². The molecule has 1 aliphatic rings. The van der Waals surface area contributed by atoms with Gasteiger partial charge in [-0.3, -0.25) is 4.90 Å². The fourth-order valence-corrected chi connectivity index (χ4v) is 3.37. The van der Waals surface area contributed by atoms with E-state index in [-0.39, 0.29) is 0 Å². The number of piperidine rings is 1. The number of carbonyl (C=O) groups excluding carboxylic acids is 1. The van der Waals surface area contributed by atoms with Gasteiger partial charge in [-0.15, -0.1) is 0 Å². The van der Waals surface area contributed by atoms with Gasteiger partial charge >= 0.3 is 6.09 Å². The fraction of sp³-hybridized carbons (Fsp3) is 0.600. The van der Waals surface area contributed by atoms with Gasteiger partial charge in [-0.1, -0.05) is 6.92 Å². The van der Waals surface area contributed by atoms with Crippen LogP contribution in [-0.2, 0) is 11.2 Å². The van der Waals surface area contributed by atoms with Crippen LogP contribution >= 0.6 is 0 Å². The molecule has 2 aromatic heterocycles. The molecular weight excluding hydrogens is 328 g/mol. The Hall–Kier alpha value is -2.24. The molecular formula is C20H30N4O2. The van der Waals surface area contributed by atoms with Crippen LogP contribution in [0.4, 0.5) is 16.2 Å². The predicted molar refractivity (Wildman–Crippen MR) is 105 cm³/mol. The van der Waals surface area contributed by atoms with Crippen LogP contribution in [0, 0.1) is 0 Å². The van der Waals surface area contributed by atoms with Crippen molar-refractivity contribution in [2.45, 2.75) is 59.0 Å². The predicted octanol–water partition coefficient (Wildman–Crippen LogP) is 4.26. The van der Waals surface area contributed by atoms with Crippen LogP contribution in [0.5, 0.6) is 0 Å². The van der Waals surface area contributed by atoms with Crippen molar-refractivity contribution < 1.29 is 10.9 Å². The molecule has 0 aromatic carbocycles. The maximum atomic E-state index is 12.6. The number of fused-ring (bicyclic) bond motifs is 1. The molecule has 6 heteroatoms. The lowest BCUT2D eigenvalue weighted by atomic mass is 10.1. The quantitative estimate of drug-likeness (QED) is 0.822. The van der Waals surface area contributed by atoms with Crippen LogP contribution in [0.1, 0.15) is 54.0 Å². The monoisotopic (exact) mass is 359 g/mol. The minimum Gasteiger partial charge on any atom is -0.443 e. The molecule has 2 aromatic rings. The number of aromatic nitrogens is 2. The third-order valence-electron chi connectivity index (χ3n) is 4.64. The summed E-state index contributed by atoms with van der Waals surface area (Å²) < 4.78 is 15.6. The van der Waals surface area contributed by atoms with Gasteiger partial charge in [0.1, 0.15) is 5.60 Å². The molecule has 1 fully saturated rings. The maximum Gasteiger partial charge on any atom is 0.414 e. The van der Waals surface area contributed by atoms with E-state index in [0.717, 1.165) is 35.7 Å². The van der Waals surface area contributed by atoms with E-state index in [1.165, 1.54) is 24.2 Å². The Morgan fingerprint density at radius 1 is 1.35 bits per heavy atom. The summed E-state index contributed by atoms with van der Waals surface area (Å²) in [6.45, 7) is 9.57. The van der Waals surface area contributed by atoms with Crippen molar-refractivity contribution in [3.05, 3.63) is 24.0 Å². The summed E-state index contributed by atoms with van der Waals surface area (Å²) in [5.74, 6) is 0. The molecule has 0 unspecified atom stereocenters. The Bertz CT molecular complexity index is 835. The second-order valence-corrected chi connectivity index (χ2v) is 7.88. The highest BCUT2D eigenvalue weighted by atomic mass is 16.6. The molecule has 3 rings (SSSR count). The molecule has 3 heterocycles. The zero-order chi connectivity index (χ0) is 19.8. The second-order valence-electron chi connectivity index (χ2n) is 7.88. The van der Waals surface area contributed by atoms with Gasteiger partial charge in [0.05, 0.1) is 18.3 Å². The summed E-state index contributed by atoms with van der Waals surface area (Å²) in [7, 11) is 1.71.